The number of ether oxygens (including phenoxy) is 1. The van der Waals surface area contributed by atoms with Gasteiger partial charge in [0.25, 0.3) is 0 Å². The third-order valence-electron chi connectivity index (χ3n) is 1.63. The second kappa shape index (κ2) is 5.78. The molecule has 0 radical (unpaired) electrons. The minimum atomic E-state index is -4.76. The van der Waals surface area contributed by atoms with Gasteiger partial charge in [-0.1, -0.05) is 0 Å². The first-order chi connectivity index (χ1) is 8.67. The number of nitrogens with two attached hydrogens (primary N) is 3. The summed E-state index contributed by atoms with van der Waals surface area (Å²) >= 11 is 3.03. The number of hydrogen-bond acceptors (Lipinski definition) is 2. The van der Waals surface area contributed by atoms with E-state index in [1.165, 1.54) is 6.07 Å². The van der Waals surface area contributed by atoms with Gasteiger partial charge in [-0.05, 0) is 34.1 Å². The Morgan fingerprint density at radius 3 is 2.32 bits per heavy atom. The summed E-state index contributed by atoms with van der Waals surface area (Å²) in [6, 6.07) is 3.44. The van der Waals surface area contributed by atoms with Crippen molar-refractivity contribution in [2.75, 3.05) is 0 Å². The molecule has 0 aliphatic heterocycles. The summed E-state index contributed by atoms with van der Waals surface area (Å²) in [5.41, 5.74) is 15.8. The normalized spacial score (nSPS) is 12.1. The van der Waals surface area contributed by atoms with Crippen molar-refractivity contribution < 1.29 is 17.9 Å². The fourth-order valence-electron chi connectivity index (χ4n) is 1.06. The molecule has 0 unspecified atom stereocenters. The maximum atomic E-state index is 12.0. The first kappa shape index (κ1) is 15.1. The van der Waals surface area contributed by atoms with E-state index < -0.39 is 12.1 Å². The molecule has 6 nitrogen and oxygen atoms in total. The summed E-state index contributed by atoms with van der Waals surface area (Å²) in [6.45, 7) is 0. The lowest BCUT2D eigenvalue weighted by atomic mass is 10.3. The van der Waals surface area contributed by atoms with Crippen LogP contribution in [0.4, 0.5) is 18.9 Å². The highest BCUT2D eigenvalue weighted by Crippen LogP contribution is 2.32. The van der Waals surface area contributed by atoms with Crippen molar-refractivity contribution in [2.45, 2.75) is 6.36 Å². The second-order valence-electron chi connectivity index (χ2n) is 3.17. The third-order valence-corrected chi connectivity index (χ3v) is 2.27. The molecule has 0 atom stereocenters. The van der Waals surface area contributed by atoms with E-state index in [2.05, 4.69) is 30.7 Å². The summed E-state index contributed by atoms with van der Waals surface area (Å²) in [6.07, 6.45) is -4.76. The van der Waals surface area contributed by atoms with Crippen LogP contribution in [0.3, 0.4) is 0 Å². The van der Waals surface area contributed by atoms with Gasteiger partial charge < -0.3 is 21.9 Å². The number of aliphatic imine (C=N–C) groups is 2. The Bertz CT molecular complexity index is 525. The van der Waals surface area contributed by atoms with E-state index in [0.717, 1.165) is 12.1 Å². The van der Waals surface area contributed by atoms with Gasteiger partial charge in [-0.3, -0.25) is 0 Å². The molecule has 1 aromatic carbocycles. The molecule has 6 N–H and O–H groups in total. The maximum absolute atomic E-state index is 12.0. The van der Waals surface area contributed by atoms with Gasteiger partial charge in [0.2, 0.25) is 5.96 Å². The lowest BCUT2D eigenvalue weighted by molar-refractivity contribution is -0.274. The van der Waals surface area contributed by atoms with Crippen LogP contribution in [-0.2, 0) is 0 Å². The molecule has 104 valence electrons. The van der Waals surface area contributed by atoms with Crippen LogP contribution in [0.1, 0.15) is 0 Å². The van der Waals surface area contributed by atoms with Crippen molar-refractivity contribution in [2.24, 2.45) is 27.2 Å². The molecule has 1 aromatic rings. The van der Waals surface area contributed by atoms with E-state index in [1.54, 1.807) is 0 Å². The fraction of sp³-hybridized carbons (Fsp3) is 0.111. The molecule has 0 spiro atoms. The van der Waals surface area contributed by atoms with Crippen LogP contribution >= 0.6 is 15.9 Å². The zero-order chi connectivity index (χ0) is 14.6. The Labute approximate surface area is 114 Å². The summed E-state index contributed by atoms with van der Waals surface area (Å²) in [7, 11) is 0. The molecule has 10 heteroatoms. The number of alkyl halides is 3. The maximum Gasteiger partial charge on any atom is 0.573 e. The van der Waals surface area contributed by atoms with Crippen LogP contribution in [0.2, 0.25) is 0 Å². The molecule has 0 amide bonds. The van der Waals surface area contributed by atoms with Crippen molar-refractivity contribution in [1.29, 1.82) is 0 Å². The fourth-order valence-corrected chi connectivity index (χ4v) is 1.50. The van der Waals surface area contributed by atoms with Crippen LogP contribution in [0.25, 0.3) is 0 Å². The number of nitrogens with zero attached hydrogens (tertiary/aromatic N) is 2. The predicted molar refractivity (Wildman–Crippen MR) is 67.9 cm³/mol. The molecule has 0 saturated carbocycles. The molecule has 0 fully saturated rings. The van der Waals surface area contributed by atoms with Gasteiger partial charge >= 0.3 is 6.36 Å². The zero-order valence-electron chi connectivity index (χ0n) is 9.28. The molecule has 0 aliphatic rings. The summed E-state index contributed by atoms with van der Waals surface area (Å²) in [5.74, 6) is -0.904. The SMILES string of the molecule is NC(N)=NC(N)=Nc1ccc(OC(F)(F)F)cc1Br. The first-order valence-corrected chi connectivity index (χ1v) is 5.46. The summed E-state index contributed by atoms with van der Waals surface area (Å²) in [4.78, 5) is 7.26. The average Bonchev–Trinajstić information content (AvgIpc) is 2.18. The minimum absolute atomic E-state index is 0.231. The number of guanidine groups is 2. The predicted octanol–water partition coefficient (Wildman–Crippen LogP) is 1.57. The molecule has 19 heavy (non-hydrogen) atoms. The van der Waals surface area contributed by atoms with E-state index >= 15 is 0 Å². The van der Waals surface area contributed by atoms with Gasteiger partial charge in [0.05, 0.1) is 5.69 Å². The van der Waals surface area contributed by atoms with Gasteiger partial charge in [-0.15, -0.1) is 13.2 Å². The molecule has 0 heterocycles. The molecule has 1 rings (SSSR count). The summed E-state index contributed by atoms with van der Waals surface area (Å²) in [5, 5.41) is 0. The summed E-state index contributed by atoms with van der Waals surface area (Å²) < 4.78 is 40.0. The number of rotatable bonds is 2. The van der Waals surface area contributed by atoms with E-state index in [0.29, 0.717) is 0 Å². The van der Waals surface area contributed by atoms with E-state index in [9.17, 15) is 13.2 Å². The van der Waals surface area contributed by atoms with Crippen molar-refractivity contribution in [3.05, 3.63) is 22.7 Å². The Morgan fingerprint density at radius 2 is 1.84 bits per heavy atom. The molecule has 0 aliphatic carbocycles. The zero-order valence-corrected chi connectivity index (χ0v) is 10.9. The lowest BCUT2D eigenvalue weighted by Crippen LogP contribution is -2.26. The average molecular weight is 340 g/mol. The Balaban J connectivity index is 2.98. The largest absolute Gasteiger partial charge is 0.573 e. The van der Waals surface area contributed by atoms with Crippen LogP contribution in [0.5, 0.6) is 5.75 Å². The molecule has 0 bridgehead atoms. The quantitative estimate of drug-likeness (QED) is 0.560. The number of benzene rings is 1. The van der Waals surface area contributed by atoms with Crippen LogP contribution in [0, 0.1) is 0 Å². The van der Waals surface area contributed by atoms with E-state index in [4.69, 9.17) is 17.2 Å². The van der Waals surface area contributed by atoms with Gasteiger partial charge in [0.15, 0.2) is 5.96 Å². The van der Waals surface area contributed by atoms with Crippen molar-refractivity contribution in [3.8, 4) is 5.75 Å². The second-order valence-corrected chi connectivity index (χ2v) is 4.02. The topological polar surface area (TPSA) is 112 Å². The monoisotopic (exact) mass is 339 g/mol. The van der Waals surface area contributed by atoms with Gasteiger partial charge in [-0.2, -0.15) is 4.99 Å². The van der Waals surface area contributed by atoms with Gasteiger partial charge in [0, 0.05) is 4.47 Å². The van der Waals surface area contributed by atoms with Crippen molar-refractivity contribution >= 4 is 33.5 Å². The smallest absolute Gasteiger partial charge is 0.406 e. The minimum Gasteiger partial charge on any atom is -0.406 e. The third kappa shape index (κ3) is 5.46. The lowest BCUT2D eigenvalue weighted by Gasteiger charge is -2.09. The van der Waals surface area contributed by atoms with E-state index in [1.807, 2.05) is 0 Å². The highest BCUT2D eigenvalue weighted by atomic mass is 79.9. The van der Waals surface area contributed by atoms with Gasteiger partial charge in [-0.25, -0.2) is 4.99 Å². The van der Waals surface area contributed by atoms with Crippen LogP contribution in [0.15, 0.2) is 32.7 Å². The van der Waals surface area contributed by atoms with Gasteiger partial charge in [0.1, 0.15) is 5.75 Å². The standard InChI is InChI=1S/C9H9BrF3N5O/c10-5-3-4(19-9(11,12)13)1-2-6(5)17-8(16)18-7(14)15/h1-3H,(H6,14,15,16,17,18). The van der Waals surface area contributed by atoms with Crippen molar-refractivity contribution in [3.63, 3.8) is 0 Å². The number of halogens is 4. The Kier molecular flexibility index (Phi) is 4.59. The Hall–Kier alpha value is -1.97. The first-order valence-electron chi connectivity index (χ1n) is 4.66. The van der Waals surface area contributed by atoms with Crippen LogP contribution in [-0.4, -0.2) is 18.3 Å². The van der Waals surface area contributed by atoms with E-state index in [-0.39, 0.29) is 22.1 Å². The molecular formula is C9H9BrF3N5O. The highest BCUT2D eigenvalue weighted by Gasteiger charge is 2.31. The highest BCUT2D eigenvalue weighted by molar-refractivity contribution is 9.10. The molecular weight excluding hydrogens is 331 g/mol. The van der Waals surface area contributed by atoms with Crippen LogP contribution < -0.4 is 21.9 Å². The number of hydrogen-bond donors (Lipinski definition) is 3. The molecule has 0 saturated heterocycles. The van der Waals surface area contributed by atoms with Crippen molar-refractivity contribution in [1.82, 2.24) is 0 Å². The molecule has 0 aromatic heterocycles. The Morgan fingerprint density at radius 1 is 1.21 bits per heavy atom.